The number of hydrogen-bond donors (Lipinski definition) is 1. The average Bonchev–Trinajstić information content (AvgIpc) is 2.71. The zero-order valence-electron chi connectivity index (χ0n) is 16.8. The van der Waals surface area contributed by atoms with Crippen molar-refractivity contribution in [2.75, 3.05) is 18.6 Å². The molecule has 0 saturated heterocycles. The van der Waals surface area contributed by atoms with Crippen LogP contribution in [0.5, 0.6) is 11.5 Å². The summed E-state index contributed by atoms with van der Waals surface area (Å²) in [5.41, 5.74) is 6.21. The van der Waals surface area contributed by atoms with Crippen LogP contribution < -0.4 is 14.9 Å². The second-order valence-electron chi connectivity index (χ2n) is 6.48. The highest BCUT2D eigenvalue weighted by molar-refractivity contribution is 6.00. The van der Waals surface area contributed by atoms with Gasteiger partial charge in [-0.1, -0.05) is 33.6 Å². The van der Waals surface area contributed by atoms with Crippen LogP contribution in [0.2, 0.25) is 0 Å². The lowest BCUT2D eigenvalue weighted by Crippen LogP contribution is -2.04. The van der Waals surface area contributed by atoms with Gasteiger partial charge >= 0.3 is 0 Å². The zero-order valence-corrected chi connectivity index (χ0v) is 16.8. The van der Waals surface area contributed by atoms with Crippen molar-refractivity contribution in [3.63, 3.8) is 0 Å². The van der Waals surface area contributed by atoms with Crippen LogP contribution in [0.15, 0.2) is 53.6 Å². The van der Waals surface area contributed by atoms with Crippen molar-refractivity contribution in [2.45, 2.75) is 52.9 Å². The van der Waals surface area contributed by atoms with Gasteiger partial charge in [0, 0.05) is 0 Å². The second kappa shape index (κ2) is 12.0. The summed E-state index contributed by atoms with van der Waals surface area (Å²) in [4.78, 5) is 0. The van der Waals surface area contributed by atoms with Gasteiger partial charge in [-0.3, -0.25) is 5.43 Å². The molecule has 0 aliphatic heterocycles. The number of nitrogens with zero attached hydrogens (tertiary/aromatic N) is 1. The Kier molecular flexibility index (Phi) is 9.25. The van der Waals surface area contributed by atoms with Gasteiger partial charge in [0.1, 0.15) is 11.5 Å². The Bertz CT molecular complexity index is 679. The van der Waals surface area contributed by atoms with E-state index in [0.717, 1.165) is 73.8 Å². The minimum absolute atomic E-state index is 0.763. The minimum Gasteiger partial charge on any atom is -0.494 e. The Morgan fingerprint density at radius 2 is 1.30 bits per heavy atom. The fraction of sp³-hybridized carbons (Fsp3) is 0.435. The summed E-state index contributed by atoms with van der Waals surface area (Å²) < 4.78 is 11.4. The van der Waals surface area contributed by atoms with Crippen LogP contribution in [0.25, 0.3) is 0 Å². The first-order valence-electron chi connectivity index (χ1n) is 10.1. The Morgan fingerprint density at radius 1 is 0.778 bits per heavy atom. The van der Waals surface area contributed by atoms with Crippen molar-refractivity contribution < 1.29 is 9.47 Å². The van der Waals surface area contributed by atoms with Gasteiger partial charge in [-0.15, -0.1) is 0 Å². The zero-order chi connectivity index (χ0) is 19.3. The third-order valence-corrected chi connectivity index (χ3v) is 4.23. The smallest absolute Gasteiger partial charge is 0.119 e. The van der Waals surface area contributed by atoms with Crippen molar-refractivity contribution >= 4 is 11.4 Å². The van der Waals surface area contributed by atoms with E-state index in [-0.39, 0.29) is 0 Å². The Labute approximate surface area is 163 Å². The number of unbranched alkanes of at least 4 members (excludes halogenated alkanes) is 2. The van der Waals surface area contributed by atoms with E-state index in [2.05, 4.69) is 43.4 Å². The maximum atomic E-state index is 5.72. The summed E-state index contributed by atoms with van der Waals surface area (Å²) in [6.45, 7) is 7.96. The highest BCUT2D eigenvalue weighted by Gasteiger charge is 2.03. The first-order valence-corrected chi connectivity index (χ1v) is 10.1. The molecule has 0 unspecified atom stereocenters. The van der Waals surface area contributed by atoms with E-state index in [0.29, 0.717) is 0 Å². The maximum Gasteiger partial charge on any atom is 0.119 e. The molecule has 0 amide bonds. The van der Waals surface area contributed by atoms with Gasteiger partial charge < -0.3 is 9.47 Å². The number of hydrazone groups is 1. The lowest BCUT2D eigenvalue weighted by molar-refractivity contribution is 0.309. The number of nitrogens with one attached hydrogen (secondary N) is 1. The minimum atomic E-state index is 0.763. The van der Waals surface area contributed by atoms with E-state index < -0.39 is 0 Å². The summed E-state index contributed by atoms with van der Waals surface area (Å²) in [6.07, 6.45) is 5.28. The number of ether oxygens (including phenoxy) is 2. The Hall–Kier alpha value is -2.49. The normalized spacial score (nSPS) is 11.3. The molecular weight excluding hydrogens is 336 g/mol. The molecule has 2 aromatic carbocycles. The summed E-state index contributed by atoms with van der Waals surface area (Å²) in [5, 5.41) is 4.58. The first kappa shape index (κ1) is 20.8. The highest BCUT2D eigenvalue weighted by Crippen LogP contribution is 2.18. The third-order valence-electron chi connectivity index (χ3n) is 4.23. The highest BCUT2D eigenvalue weighted by atomic mass is 16.5. The molecule has 0 radical (unpaired) electrons. The largest absolute Gasteiger partial charge is 0.494 e. The van der Waals surface area contributed by atoms with Gasteiger partial charge in [0.2, 0.25) is 0 Å². The average molecular weight is 369 g/mol. The fourth-order valence-electron chi connectivity index (χ4n) is 2.52. The monoisotopic (exact) mass is 368 g/mol. The Balaban J connectivity index is 1.93. The molecule has 4 heteroatoms. The number of anilines is 1. The number of rotatable bonds is 12. The van der Waals surface area contributed by atoms with E-state index in [4.69, 9.17) is 9.47 Å². The van der Waals surface area contributed by atoms with Gasteiger partial charge in [0.15, 0.2) is 0 Å². The number of benzene rings is 2. The van der Waals surface area contributed by atoms with Crippen LogP contribution in [0, 0.1) is 0 Å². The molecule has 0 aliphatic carbocycles. The molecule has 0 atom stereocenters. The van der Waals surface area contributed by atoms with E-state index in [1.807, 2.05) is 36.4 Å². The summed E-state index contributed by atoms with van der Waals surface area (Å²) in [7, 11) is 0. The van der Waals surface area contributed by atoms with Crippen LogP contribution in [-0.2, 0) is 0 Å². The summed E-state index contributed by atoms with van der Waals surface area (Å²) >= 11 is 0. The van der Waals surface area contributed by atoms with Crippen molar-refractivity contribution in [3.05, 3.63) is 54.1 Å². The predicted molar refractivity (Wildman–Crippen MR) is 114 cm³/mol. The van der Waals surface area contributed by atoms with Crippen LogP contribution in [0.1, 0.15) is 58.4 Å². The molecule has 1 N–H and O–H groups in total. The SMILES string of the molecule is CCCCOc1ccc(N/N=C(\CC)c2ccc(OCCCC)cc2)cc1. The summed E-state index contributed by atoms with van der Waals surface area (Å²) in [5.74, 6) is 1.81. The standard InChI is InChI=1S/C23H32N2O2/c1-4-7-17-26-21-13-9-19(10-14-21)23(6-3)25-24-20-11-15-22(16-12-20)27-18-8-5-2/h9-16,24H,4-8,17-18H2,1-3H3/b25-23+. The van der Waals surface area contributed by atoms with Gasteiger partial charge in [-0.05, 0) is 73.4 Å². The molecule has 0 spiro atoms. The van der Waals surface area contributed by atoms with Gasteiger partial charge in [-0.2, -0.15) is 5.10 Å². The van der Waals surface area contributed by atoms with Crippen molar-refractivity contribution in [3.8, 4) is 11.5 Å². The molecule has 0 bridgehead atoms. The third kappa shape index (κ3) is 7.33. The second-order valence-corrected chi connectivity index (χ2v) is 6.48. The quantitative estimate of drug-likeness (QED) is 0.273. The molecule has 0 aromatic heterocycles. The fourth-order valence-corrected chi connectivity index (χ4v) is 2.52. The molecule has 0 aliphatic rings. The van der Waals surface area contributed by atoms with E-state index in [1.54, 1.807) is 0 Å². The van der Waals surface area contributed by atoms with Crippen molar-refractivity contribution in [1.82, 2.24) is 0 Å². The van der Waals surface area contributed by atoms with Crippen LogP contribution >= 0.6 is 0 Å². The van der Waals surface area contributed by atoms with Crippen molar-refractivity contribution in [1.29, 1.82) is 0 Å². The van der Waals surface area contributed by atoms with Crippen LogP contribution in [-0.4, -0.2) is 18.9 Å². The lowest BCUT2D eigenvalue weighted by atomic mass is 10.1. The van der Waals surface area contributed by atoms with Gasteiger partial charge in [0.05, 0.1) is 24.6 Å². The van der Waals surface area contributed by atoms with Gasteiger partial charge in [-0.25, -0.2) is 0 Å². The first-order chi connectivity index (χ1) is 13.3. The van der Waals surface area contributed by atoms with Crippen molar-refractivity contribution in [2.24, 2.45) is 5.10 Å². The molecule has 4 nitrogen and oxygen atoms in total. The maximum absolute atomic E-state index is 5.72. The van der Waals surface area contributed by atoms with E-state index in [9.17, 15) is 0 Å². The molecule has 146 valence electrons. The molecule has 2 rings (SSSR count). The molecule has 27 heavy (non-hydrogen) atoms. The van der Waals surface area contributed by atoms with E-state index in [1.165, 1.54) is 0 Å². The molecule has 0 fully saturated rings. The van der Waals surface area contributed by atoms with E-state index >= 15 is 0 Å². The van der Waals surface area contributed by atoms with Crippen LogP contribution in [0.3, 0.4) is 0 Å². The Morgan fingerprint density at radius 3 is 1.78 bits per heavy atom. The summed E-state index contributed by atoms with van der Waals surface area (Å²) in [6, 6.07) is 16.1. The topological polar surface area (TPSA) is 42.8 Å². The van der Waals surface area contributed by atoms with Crippen LogP contribution in [0.4, 0.5) is 5.69 Å². The lowest BCUT2D eigenvalue weighted by Gasteiger charge is -2.09. The van der Waals surface area contributed by atoms with Gasteiger partial charge in [0.25, 0.3) is 0 Å². The predicted octanol–water partition coefficient (Wildman–Crippen LogP) is 6.27. The molecule has 2 aromatic rings. The molecular formula is C23H32N2O2. The molecule has 0 saturated carbocycles. The number of hydrogen-bond acceptors (Lipinski definition) is 4. The molecule has 0 heterocycles.